The molecule has 7 nitrogen and oxygen atoms in total. The number of hydrogen-bond donors (Lipinski definition) is 1. The average Bonchev–Trinajstić information content (AvgIpc) is 3.38. The van der Waals surface area contributed by atoms with E-state index in [1.165, 1.54) is 0 Å². The largest absolute Gasteiger partial charge is 0.480 e. The zero-order chi connectivity index (χ0) is 17.6. The summed E-state index contributed by atoms with van der Waals surface area (Å²) >= 11 is 0. The van der Waals surface area contributed by atoms with Gasteiger partial charge in [-0.1, -0.05) is 0 Å². The highest BCUT2D eigenvalue weighted by Crippen LogP contribution is 2.45. The average molecular weight is 348 g/mol. The van der Waals surface area contributed by atoms with Gasteiger partial charge in [0.05, 0.1) is 12.4 Å². The fraction of sp³-hybridized carbons (Fsp3) is 0.647. The predicted octanol–water partition coefficient (Wildman–Crippen LogP) is 1.30. The maximum Gasteiger partial charge on any atom is 0.326 e. The number of nitrogens with zero attached hydrogens (tertiary/aromatic N) is 4. The number of anilines is 1. The van der Waals surface area contributed by atoms with Crippen molar-refractivity contribution in [2.45, 2.75) is 38.1 Å². The molecule has 1 amide bonds. The molecule has 1 aromatic rings. The number of hydrogen-bond acceptors (Lipinski definition) is 5. The Kier molecular flexibility index (Phi) is 3.85. The number of aliphatic carboxylic acids is 1. The lowest BCUT2D eigenvalue weighted by Crippen LogP contribution is -2.43. The Morgan fingerprint density at radius 3 is 2.40 bits per heavy atom. The minimum Gasteiger partial charge on any atom is -0.480 e. The number of carboxylic acid groups (broad SMARTS) is 1. The molecule has 2 saturated heterocycles. The van der Waals surface area contributed by atoms with Crippen LogP contribution in [0.5, 0.6) is 0 Å². The lowest BCUT2D eigenvalue weighted by molar-refractivity contribution is -0.148. The second kappa shape index (κ2) is 5.93. The molecule has 4 rings (SSSR count). The number of likely N-dealkylation sites (tertiary alicyclic amines) is 1. The molecule has 1 unspecified atom stereocenters. The highest BCUT2D eigenvalue weighted by Gasteiger charge is 2.51. The van der Waals surface area contributed by atoms with Gasteiger partial charge in [0, 0.05) is 25.6 Å². The van der Waals surface area contributed by atoms with Crippen molar-refractivity contribution < 1.29 is 19.1 Å². The fourth-order valence-electron chi connectivity index (χ4n) is 4.09. The number of rotatable bonds is 3. The van der Waals surface area contributed by atoms with Crippen LogP contribution < -0.4 is 4.90 Å². The minimum atomic E-state index is -0.907. The Bertz CT molecular complexity index is 684. The van der Waals surface area contributed by atoms with Gasteiger partial charge in [-0.2, -0.15) is 0 Å². The molecular weight excluding hydrogens is 327 g/mol. The topological polar surface area (TPSA) is 86.6 Å². The number of carbonyl (C=O) groups excluding carboxylic acids is 1. The van der Waals surface area contributed by atoms with Crippen molar-refractivity contribution >= 4 is 17.8 Å². The molecule has 0 aromatic carbocycles. The molecule has 1 aromatic heterocycles. The molecule has 1 aliphatic carbocycles. The summed E-state index contributed by atoms with van der Waals surface area (Å²) in [5, 5.41) is 9.54. The minimum absolute atomic E-state index is 0.00794. The maximum atomic E-state index is 13.0. The molecule has 25 heavy (non-hydrogen) atoms. The van der Waals surface area contributed by atoms with Gasteiger partial charge < -0.3 is 14.9 Å². The summed E-state index contributed by atoms with van der Waals surface area (Å²) in [4.78, 5) is 35.7. The second-order valence-corrected chi connectivity index (χ2v) is 7.49. The predicted molar refractivity (Wildman–Crippen MR) is 86.3 cm³/mol. The van der Waals surface area contributed by atoms with Crippen molar-refractivity contribution in [1.29, 1.82) is 0 Å². The molecule has 1 atom stereocenters. The van der Waals surface area contributed by atoms with E-state index in [2.05, 4.69) is 9.97 Å². The summed E-state index contributed by atoms with van der Waals surface area (Å²) in [5.74, 6) is -0.838. The van der Waals surface area contributed by atoms with Gasteiger partial charge in [-0.3, -0.25) is 4.79 Å². The number of piperidine rings is 1. The van der Waals surface area contributed by atoms with E-state index in [4.69, 9.17) is 0 Å². The molecule has 2 aliphatic heterocycles. The molecule has 1 spiro atoms. The Morgan fingerprint density at radius 1 is 1.20 bits per heavy atom. The summed E-state index contributed by atoms with van der Waals surface area (Å²) in [7, 11) is 0. The van der Waals surface area contributed by atoms with E-state index in [9.17, 15) is 19.1 Å². The molecule has 0 bridgehead atoms. The standard InChI is InChI=1S/C17H21FN4O3/c18-12-8-19-16(20-9-12)21-5-3-17(4-6-21)7-13(15(24)25)22(10-17)14(23)11-1-2-11/h8-9,11,13H,1-7,10H2,(H,24,25). The fourth-order valence-corrected chi connectivity index (χ4v) is 4.09. The SMILES string of the molecule is O=C(O)C1CC2(CCN(c3ncc(F)cn3)CC2)CN1C(=O)C1CC1. The third-order valence-corrected chi connectivity index (χ3v) is 5.72. The van der Waals surface area contributed by atoms with Crippen molar-refractivity contribution in [3.8, 4) is 0 Å². The van der Waals surface area contributed by atoms with E-state index in [0.717, 1.165) is 38.1 Å². The zero-order valence-electron chi connectivity index (χ0n) is 13.9. The van der Waals surface area contributed by atoms with Gasteiger partial charge in [0.1, 0.15) is 6.04 Å². The van der Waals surface area contributed by atoms with Gasteiger partial charge in [-0.15, -0.1) is 0 Å². The van der Waals surface area contributed by atoms with Gasteiger partial charge in [-0.25, -0.2) is 19.2 Å². The van der Waals surface area contributed by atoms with Crippen molar-refractivity contribution in [3.05, 3.63) is 18.2 Å². The van der Waals surface area contributed by atoms with Crippen molar-refractivity contribution in [1.82, 2.24) is 14.9 Å². The summed E-state index contributed by atoms with van der Waals surface area (Å²) in [5.41, 5.74) is -0.149. The molecule has 3 aliphatic rings. The van der Waals surface area contributed by atoms with E-state index < -0.39 is 17.8 Å². The quantitative estimate of drug-likeness (QED) is 0.886. The van der Waals surface area contributed by atoms with Crippen LogP contribution in [-0.4, -0.2) is 57.5 Å². The van der Waals surface area contributed by atoms with Crippen LogP contribution in [-0.2, 0) is 9.59 Å². The third kappa shape index (κ3) is 3.05. The number of halogens is 1. The third-order valence-electron chi connectivity index (χ3n) is 5.72. The molecule has 1 N–H and O–H groups in total. The number of carboxylic acids is 1. The first-order valence-electron chi connectivity index (χ1n) is 8.73. The van der Waals surface area contributed by atoms with Crippen molar-refractivity contribution in [2.24, 2.45) is 11.3 Å². The lowest BCUT2D eigenvalue weighted by atomic mass is 9.76. The van der Waals surface area contributed by atoms with Crippen LogP contribution in [0.25, 0.3) is 0 Å². The number of amides is 1. The van der Waals surface area contributed by atoms with Gasteiger partial charge in [-0.05, 0) is 37.5 Å². The molecule has 3 fully saturated rings. The first-order chi connectivity index (χ1) is 12.0. The second-order valence-electron chi connectivity index (χ2n) is 7.49. The number of carbonyl (C=O) groups is 2. The van der Waals surface area contributed by atoms with Gasteiger partial charge >= 0.3 is 5.97 Å². The summed E-state index contributed by atoms with van der Waals surface area (Å²) in [6.07, 6.45) is 6.14. The lowest BCUT2D eigenvalue weighted by Gasteiger charge is -2.39. The van der Waals surface area contributed by atoms with E-state index in [1.54, 1.807) is 4.90 Å². The Hall–Kier alpha value is -2.25. The maximum absolute atomic E-state index is 13.0. The van der Waals surface area contributed by atoms with Gasteiger partial charge in [0.15, 0.2) is 5.82 Å². The van der Waals surface area contributed by atoms with E-state index in [-0.39, 0.29) is 17.2 Å². The molecule has 1 saturated carbocycles. The van der Waals surface area contributed by atoms with Gasteiger partial charge in [0.25, 0.3) is 0 Å². The Morgan fingerprint density at radius 2 is 1.84 bits per heavy atom. The first-order valence-corrected chi connectivity index (χ1v) is 8.73. The zero-order valence-corrected chi connectivity index (χ0v) is 13.9. The van der Waals surface area contributed by atoms with E-state index in [0.29, 0.717) is 32.0 Å². The molecule has 8 heteroatoms. The van der Waals surface area contributed by atoms with E-state index in [1.807, 2.05) is 4.90 Å². The molecular formula is C17H21FN4O3. The van der Waals surface area contributed by atoms with Crippen LogP contribution in [0.4, 0.5) is 10.3 Å². The van der Waals surface area contributed by atoms with Crippen LogP contribution >= 0.6 is 0 Å². The van der Waals surface area contributed by atoms with Gasteiger partial charge in [0.2, 0.25) is 11.9 Å². The molecule has 134 valence electrons. The highest BCUT2D eigenvalue weighted by atomic mass is 19.1. The highest BCUT2D eigenvalue weighted by molar-refractivity contribution is 5.87. The van der Waals surface area contributed by atoms with Crippen LogP contribution in [0.2, 0.25) is 0 Å². The van der Waals surface area contributed by atoms with Crippen molar-refractivity contribution in [3.63, 3.8) is 0 Å². The van der Waals surface area contributed by atoms with Crippen molar-refractivity contribution in [2.75, 3.05) is 24.5 Å². The van der Waals surface area contributed by atoms with Crippen LogP contribution in [0.15, 0.2) is 12.4 Å². The first kappa shape index (κ1) is 16.2. The summed E-state index contributed by atoms with van der Waals surface area (Å²) in [6.45, 7) is 1.89. The normalized spacial score (nSPS) is 25.4. The smallest absolute Gasteiger partial charge is 0.326 e. The number of aromatic nitrogens is 2. The Labute approximate surface area is 144 Å². The van der Waals surface area contributed by atoms with Crippen LogP contribution in [0.3, 0.4) is 0 Å². The van der Waals surface area contributed by atoms with E-state index >= 15 is 0 Å². The molecule has 0 radical (unpaired) electrons. The van der Waals surface area contributed by atoms with Crippen LogP contribution in [0, 0.1) is 17.2 Å². The Balaban J connectivity index is 1.45. The van der Waals surface area contributed by atoms with Crippen LogP contribution in [0.1, 0.15) is 32.1 Å². The molecule has 3 heterocycles. The summed E-state index contributed by atoms with van der Waals surface area (Å²) < 4.78 is 13.0. The monoisotopic (exact) mass is 348 g/mol. The summed E-state index contributed by atoms with van der Waals surface area (Å²) in [6, 6.07) is -0.707.